The molecule has 26 heavy (non-hydrogen) atoms. The molecule has 0 aromatic heterocycles. The standard InChI is InChI=1S/C12H22.C11H21N3/c1-9-4-5-11-10(2)6-7-12(11,3)8-9;1-8(2)10-6-5-9(3)7-11(10,4)13-14-12/h9-11H,4-8H2,1-3H3;8-10H,5-7H2,1-4H3/t9-,10-,11+,12-;9-,10+,11-/m11/s1. The predicted molar refractivity (Wildman–Crippen MR) is 112 cm³/mol. The van der Waals surface area contributed by atoms with Crippen molar-refractivity contribution in [2.45, 2.75) is 105 Å². The summed E-state index contributed by atoms with van der Waals surface area (Å²) in [5, 5.41) is 4.05. The fourth-order valence-electron chi connectivity index (χ4n) is 6.88. The van der Waals surface area contributed by atoms with Crippen molar-refractivity contribution in [2.75, 3.05) is 0 Å². The molecule has 3 fully saturated rings. The van der Waals surface area contributed by atoms with Gasteiger partial charge in [-0.1, -0.05) is 66.4 Å². The highest BCUT2D eigenvalue weighted by Crippen LogP contribution is 2.55. The number of hydrogen-bond acceptors (Lipinski definition) is 1. The first-order valence-electron chi connectivity index (χ1n) is 11.2. The van der Waals surface area contributed by atoms with Gasteiger partial charge in [0.05, 0.1) is 0 Å². The van der Waals surface area contributed by atoms with Crippen LogP contribution in [-0.4, -0.2) is 5.54 Å². The van der Waals surface area contributed by atoms with Crippen LogP contribution in [-0.2, 0) is 0 Å². The Hall–Kier alpha value is -0.690. The van der Waals surface area contributed by atoms with E-state index in [1.165, 1.54) is 44.9 Å². The lowest BCUT2D eigenvalue weighted by atomic mass is 9.65. The Kier molecular flexibility index (Phi) is 7.10. The Morgan fingerprint density at radius 1 is 0.923 bits per heavy atom. The zero-order valence-electron chi connectivity index (χ0n) is 18.5. The molecule has 3 nitrogen and oxygen atoms in total. The molecule has 3 aliphatic rings. The van der Waals surface area contributed by atoms with Gasteiger partial charge in [0.15, 0.2) is 0 Å². The molecule has 3 saturated carbocycles. The van der Waals surface area contributed by atoms with Crippen LogP contribution in [0.1, 0.15) is 99.8 Å². The average Bonchev–Trinajstić information content (AvgIpc) is 2.81. The molecule has 0 saturated heterocycles. The van der Waals surface area contributed by atoms with Gasteiger partial charge in [-0.3, -0.25) is 0 Å². The van der Waals surface area contributed by atoms with Crippen LogP contribution in [0.15, 0.2) is 5.11 Å². The molecule has 3 rings (SSSR count). The third-order valence-electron chi connectivity index (χ3n) is 8.15. The lowest BCUT2D eigenvalue weighted by Gasteiger charge is -2.43. The highest BCUT2D eigenvalue weighted by atomic mass is 15.2. The van der Waals surface area contributed by atoms with E-state index in [4.69, 9.17) is 5.53 Å². The molecule has 3 aliphatic carbocycles. The number of nitrogens with zero attached hydrogens (tertiary/aromatic N) is 3. The first-order valence-corrected chi connectivity index (χ1v) is 11.2. The summed E-state index contributed by atoms with van der Waals surface area (Å²) >= 11 is 0. The molecular weight excluding hydrogens is 318 g/mol. The smallest absolute Gasteiger partial charge is 0.0493 e. The van der Waals surface area contributed by atoms with Gasteiger partial charge in [0.2, 0.25) is 0 Å². The lowest BCUT2D eigenvalue weighted by molar-refractivity contribution is 0.0947. The van der Waals surface area contributed by atoms with E-state index in [-0.39, 0.29) is 5.54 Å². The van der Waals surface area contributed by atoms with Gasteiger partial charge in [-0.15, -0.1) is 0 Å². The number of hydrogen-bond donors (Lipinski definition) is 0. The number of fused-ring (bicyclic) bond motifs is 1. The molecule has 0 unspecified atom stereocenters. The van der Waals surface area contributed by atoms with Crippen molar-refractivity contribution in [3.8, 4) is 0 Å². The maximum atomic E-state index is 8.63. The Labute approximate surface area is 162 Å². The van der Waals surface area contributed by atoms with Crippen molar-refractivity contribution in [1.82, 2.24) is 0 Å². The van der Waals surface area contributed by atoms with Gasteiger partial charge in [0, 0.05) is 10.5 Å². The van der Waals surface area contributed by atoms with E-state index in [0.717, 1.165) is 29.6 Å². The SMILES string of the molecule is CC(C)[C@@H]1CC[C@@H](C)C[C@@]1(C)N=[N+]=[N-].C[C@@H]1CC[C@H]2[C@H](C)CC[C@]2(C)C1. The van der Waals surface area contributed by atoms with Crippen molar-refractivity contribution in [3.05, 3.63) is 10.4 Å². The van der Waals surface area contributed by atoms with Crippen molar-refractivity contribution in [1.29, 1.82) is 0 Å². The Balaban J connectivity index is 0.000000189. The van der Waals surface area contributed by atoms with Gasteiger partial charge in [-0.2, -0.15) is 0 Å². The Bertz CT molecular complexity index is 510. The van der Waals surface area contributed by atoms with Gasteiger partial charge < -0.3 is 0 Å². The lowest BCUT2D eigenvalue weighted by Crippen LogP contribution is -2.41. The van der Waals surface area contributed by atoms with Crippen LogP contribution < -0.4 is 0 Å². The minimum absolute atomic E-state index is 0.152. The summed E-state index contributed by atoms with van der Waals surface area (Å²) in [6.07, 6.45) is 11.0. The van der Waals surface area contributed by atoms with E-state index in [9.17, 15) is 0 Å². The van der Waals surface area contributed by atoms with E-state index < -0.39 is 0 Å². The maximum absolute atomic E-state index is 8.63. The molecule has 0 bridgehead atoms. The zero-order chi connectivity index (χ0) is 19.5. The first-order chi connectivity index (χ1) is 12.1. The molecule has 0 radical (unpaired) electrons. The van der Waals surface area contributed by atoms with E-state index in [1.54, 1.807) is 0 Å². The van der Waals surface area contributed by atoms with Crippen molar-refractivity contribution in [3.63, 3.8) is 0 Å². The first kappa shape index (κ1) is 21.6. The fraction of sp³-hybridized carbons (Fsp3) is 1.00. The molecule has 0 aromatic rings. The normalized spacial score (nSPS) is 45.3. The van der Waals surface area contributed by atoms with Crippen LogP contribution in [0.4, 0.5) is 0 Å². The molecule has 0 spiro atoms. The van der Waals surface area contributed by atoms with Gasteiger partial charge >= 0.3 is 0 Å². The van der Waals surface area contributed by atoms with Crippen LogP contribution in [0, 0.1) is 40.9 Å². The summed E-state index contributed by atoms with van der Waals surface area (Å²) in [4.78, 5) is 3.02. The molecule has 0 heterocycles. The fourth-order valence-corrected chi connectivity index (χ4v) is 6.88. The summed E-state index contributed by atoms with van der Waals surface area (Å²) in [6, 6.07) is 0. The van der Waals surface area contributed by atoms with Crippen molar-refractivity contribution in [2.24, 2.45) is 46.0 Å². The molecule has 0 aliphatic heterocycles. The molecule has 0 aromatic carbocycles. The zero-order valence-corrected chi connectivity index (χ0v) is 18.5. The van der Waals surface area contributed by atoms with Crippen LogP contribution >= 0.6 is 0 Å². The molecule has 7 atom stereocenters. The monoisotopic (exact) mass is 361 g/mol. The van der Waals surface area contributed by atoms with E-state index in [0.29, 0.717) is 17.8 Å². The highest BCUT2D eigenvalue weighted by Gasteiger charge is 2.45. The van der Waals surface area contributed by atoms with Gasteiger partial charge in [0.1, 0.15) is 0 Å². The van der Waals surface area contributed by atoms with Gasteiger partial charge in [0.25, 0.3) is 0 Å². The van der Waals surface area contributed by atoms with Crippen molar-refractivity contribution >= 4 is 0 Å². The minimum Gasteiger partial charge on any atom is -0.0872 e. The minimum atomic E-state index is -0.152. The van der Waals surface area contributed by atoms with E-state index in [1.807, 2.05) is 0 Å². The third kappa shape index (κ3) is 4.77. The summed E-state index contributed by atoms with van der Waals surface area (Å²) in [7, 11) is 0. The topological polar surface area (TPSA) is 48.8 Å². The Morgan fingerprint density at radius 3 is 2.15 bits per heavy atom. The van der Waals surface area contributed by atoms with Gasteiger partial charge in [-0.05, 0) is 85.0 Å². The van der Waals surface area contributed by atoms with Crippen LogP contribution in [0.5, 0.6) is 0 Å². The maximum Gasteiger partial charge on any atom is 0.0493 e. The van der Waals surface area contributed by atoms with Crippen LogP contribution in [0.25, 0.3) is 10.4 Å². The van der Waals surface area contributed by atoms with Gasteiger partial charge in [-0.25, -0.2) is 0 Å². The summed E-state index contributed by atoms with van der Waals surface area (Å²) in [5.74, 6) is 4.93. The molecular formula is C23H43N3. The van der Waals surface area contributed by atoms with E-state index in [2.05, 4.69) is 58.5 Å². The second-order valence-corrected chi connectivity index (χ2v) is 10.9. The largest absolute Gasteiger partial charge is 0.0872 e. The summed E-state index contributed by atoms with van der Waals surface area (Å²) in [5.41, 5.74) is 9.21. The second-order valence-electron chi connectivity index (χ2n) is 10.9. The molecule has 3 heteroatoms. The van der Waals surface area contributed by atoms with E-state index >= 15 is 0 Å². The molecule has 0 amide bonds. The predicted octanol–water partition coefficient (Wildman–Crippen LogP) is 8.01. The Morgan fingerprint density at radius 2 is 1.54 bits per heavy atom. The quantitative estimate of drug-likeness (QED) is 0.272. The van der Waals surface area contributed by atoms with Crippen LogP contribution in [0.3, 0.4) is 0 Å². The number of azide groups is 1. The summed E-state index contributed by atoms with van der Waals surface area (Å²) < 4.78 is 0. The van der Waals surface area contributed by atoms with Crippen LogP contribution in [0.2, 0.25) is 0 Å². The molecule has 0 N–H and O–H groups in total. The van der Waals surface area contributed by atoms with Crippen molar-refractivity contribution < 1.29 is 0 Å². The second kappa shape index (κ2) is 8.55. The molecule has 150 valence electrons. The number of rotatable bonds is 2. The summed E-state index contributed by atoms with van der Waals surface area (Å²) in [6.45, 7) is 16.3. The third-order valence-corrected chi connectivity index (χ3v) is 8.15. The highest BCUT2D eigenvalue weighted by molar-refractivity contribution is 4.97. The average molecular weight is 362 g/mol.